The van der Waals surface area contributed by atoms with Crippen molar-refractivity contribution in [2.24, 2.45) is 0 Å². The van der Waals surface area contributed by atoms with Gasteiger partial charge in [0.25, 0.3) is 5.91 Å². The van der Waals surface area contributed by atoms with E-state index in [9.17, 15) is 22.8 Å². The van der Waals surface area contributed by atoms with Gasteiger partial charge in [0.1, 0.15) is 5.75 Å². The topological polar surface area (TPSA) is 53.1 Å². The van der Waals surface area contributed by atoms with Gasteiger partial charge in [-0.05, 0) is 42.5 Å². The predicted molar refractivity (Wildman–Crippen MR) is 109 cm³/mol. The van der Waals surface area contributed by atoms with Crippen LogP contribution in [0.4, 0.5) is 24.5 Å². The highest BCUT2D eigenvalue weighted by Crippen LogP contribution is 2.34. The Morgan fingerprint density at radius 1 is 0.935 bits per heavy atom. The molecule has 2 heterocycles. The first-order valence-electron chi connectivity index (χ1n) is 9.95. The fraction of sp³-hybridized carbons (Fsp3) is 0.364. The number of carbonyl (C=O) groups is 2. The van der Waals surface area contributed by atoms with Crippen LogP contribution >= 0.6 is 0 Å². The monoisotopic (exact) mass is 433 g/mol. The van der Waals surface area contributed by atoms with Crippen LogP contribution in [0.25, 0.3) is 0 Å². The molecule has 2 amide bonds. The third-order valence-corrected chi connectivity index (χ3v) is 5.75. The summed E-state index contributed by atoms with van der Waals surface area (Å²) >= 11 is 0. The van der Waals surface area contributed by atoms with E-state index in [-0.39, 0.29) is 12.1 Å². The third-order valence-electron chi connectivity index (χ3n) is 5.75. The number of ether oxygens (including phenoxy) is 1. The maximum absolute atomic E-state index is 13.0. The van der Waals surface area contributed by atoms with Gasteiger partial charge in [-0.15, -0.1) is 0 Å². The molecule has 0 radical (unpaired) electrons. The Balaban J connectivity index is 1.44. The van der Waals surface area contributed by atoms with Crippen molar-refractivity contribution < 1.29 is 27.5 Å². The summed E-state index contributed by atoms with van der Waals surface area (Å²) in [6.07, 6.45) is -4.57. The average Bonchev–Trinajstić information content (AvgIpc) is 3.07. The van der Waals surface area contributed by atoms with Crippen molar-refractivity contribution in [3.8, 4) is 5.75 Å². The number of benzene rings is 2. The summed E-state index contributed by atoms with van der Waals surface area (Å²) in [7, 11) is 1.61. The van der Waals surface area contributed by atoms with Gasteiger partial charge in [0, 0.05) is 31.9 Å². The zero-order valence-electron chi connectivity index (χ0n) is 16.9. The van der Waals surface area contributed by atoms with Gasteiger partial charge in [0.15, 0.2) is 0 Å². The van der Waals surface area contributed by atoms with E-state index >= 15 is 0 Å². The summed E-state index contributed by atoms with van der Waals surface area (Å²) in [4.78, 5) is 30.5. The van der Waals surface area contributed by atoms with Crippen LogP contribution in [0.1, 0.15) is 12.0 Å². The fourth-order valence-corrected chi connectivity index (χ4v) is 4.08. The Bertz CT molecular complexity index is 970. The molecule has 2 aromatic rings. The number of nitrogens with zero attached hydrogens (tertiary/aromatic N) is 3. The van der Waals surface area contributed by atoms with Gasteiger partial charge in [-0.3, -0.25) is 14.5 Å². The number of halogens is 3. The minimum atomic E-state index is -4.54. The molecule has 2 saturated heterocycles. The Hall–Kier alpha value is -3.07. The highest BCUT2D eigenvalue weighted by atomic mass is 19.4. The molecule has 2 aliphatic rings. The van der Waals surface area contributed by atoms with E-state index in [1.165, 1.54) is 12.1 Å². The lowest BCUT2D eigenvalue weighted by Crippen LogP contribution is -2.52. The molecular weight excluding hydrogens is 411 g/mol. The van der Waals surface area contributed by atoms with Crippen molar-refractivity contribution >= 4 is 23.2 Å². The van der Waals surface area contributed by atoms with Gasteiger partial charge in [-0.1, -0.05) is 6.07 Å². The largest absolute Gasteiger partial charge is 0.497 e. The van der Waals surface area contributed by atoms with Gasteiger partial charge < -0.3 is 9.64 Å². The molecule has 6 nitrogen and oxygen atoms in total. The van der Waals surface area contributed by atoms with Crippen molar-refractivity contribution in [1.29, 1.82) is 0 Å². The molecule has 4 rings (SSSR count). The lowest BCUT2D eigenvalue weighted by molar-refractivity contribution is -0.137. The van der Waals surface area contributed by atoms with Crippen molar-refractivity contribution in [2.45, 2.75) is 18.6 Å². The van der Waals surface area contributed by atoms with E-state index in [1.54, 1.807) is 7.11 Å². The number of amides is 2. The first kappa shape index (κ1) is 21.2. The van der Waals surface area contributed by atoms with E-state index in [2.05, 4.69) is 4.90 Å². The minimum Gasteiger partial charge on any atom is -0.497 e. The minimum absolute atomic E-state index is 0.0301. The van der Waals surface area contributed by atoms with E-state index in [1.807, 2.05) is 29.2 Å². The first-order chi connectivity index (χ1) is 14.8. The lowest BCUT2D eigenvalue weighted by atomic mass is 10.1. The summed E-state index contributed by atoms with van der Waals surface area (Å²) in [6.45, 7) is 2.50. The number of hydrogen-bond acceptors (Lipinski definition) is 5. The van der Waals surface area contributed by atoms with E-state index in [0.717, 1.165) is 28.5 Å². The van der Waals surface area contributed by atoms with Crippen LogP contribution in [0, 0.1) is 0 Å². The van der Waals surface area contributed by atoms with Gasteiger partial charge in [0.2, 0.25) is 5.91 Å². The van der Waals surface area contributed by atoms with Gasteiger partial charge >= 0.3 is 6.18 Å². The first-order valence-corrected chi connectivity index (χ1v) is 9.95. The van der Waals surface area contributed by atoms with Gasteiger partial charge in [-0.25, -0.2) is 4.90 Å². The number of hydrogen-bond donors (Lipinski definition) is 0. The normalized spacial score (nSPS) is 20.5. The molecule has 0 saturated carbocycles. The second kappa shape index (κ2) is 8.22. The number of alkyl halides is 3. The smallest absolute Gasteiger partial charge is 0.416 e. The quantitative estimate of drug-likeness (QED) is 0.694. The van der Waals surface area contributed by atoms with Crippen LogP contribution in [0.15, 0.2) is 48.5 Å². The third kappa shape index (κ3) is 4.23. The highest BCUT2D eigenvalue weighted by Gasteiger charge is 2.44. The summed E-state index contributed by atoms with van der Waals surface area (Å²) in [5.41, 5.74) is 0.117. The van der Waals surface area contributed by atoms with Crippen LogP contribution < -0.4 is 14.5 Å². The van der Waals surface area contributed by atoms with Crippen LogP contribution in [0.5, 0.6) is 5.75 Å². The zero-order chi connectivity index (χ0) is 22.2. The molecule has 2 aromatic carbocycles. The Labute approximate surface area is 177 Å². The molecule has 9 heteroatoms. The maximum Gasteiger partial charge on any atom is 0.416 e. The number of imide groups is 1. The van der Waals surface area contributed by atoms with Crippen molar-refractivity contribution in [2.75, 3.05) is 43.1 Å². The molecule has 0 bridgehead atoms. The number of methoxy groups -OCH3 is 1. The second-order valence-corrected chi connectivity index (χ2v) is 7.56. The highest BCUT2D eigenvalue weighted by molar-refractivity contribution is 6.22. The molecule has 31 heavy (non-hydrogen) atoms. The van der Waals surface area contributed by atoms with Crippen molar-refractivity contribution in [3.63, 3.8) is 0 Å². The van der Waals surface area contributed by atoms with Crippen molar-refractivity contribution in [3.05, 3.63) is 54.1 Å². The van der Waals surface area contributed by atoms with E-state index in [4.69, 9.17) is 4.74 Å². The zero-order valence-corrected chi connectivity index (χ0v) is 16.9. The van der Waals surface area contributed by atoms with Crippen LogP contribution in [-0.2, 0) is 15.8 Å². The number of rotatable bonds is 4. The molecule has 0 spiro atoms. The molecule has 1 atom stereocenters. The lowest BCUT2D eigenvalue weighted by Gasteiger charge is -2.38. The maximum atomic E-state index is 13.0. The summed E-state index contributed by atoms with van der Waals surface area (Å²) in [6, 6.07) is 11.4. The SMILES string of the molecule is COc1ccc(N2CCN([C@@H]3CC(=O)N(c4cccc(C(F)(F)F)c4)C3=O)CC2)cc1. The summed E-state index contributed by atoms with van der Waals surface area (Å²) in [5, 5.41) is 0. The molecule has 0 unspecified atom stereocenters. The van der Waals surface area contributed by atoms with Crippen molar-refractivity contribution in [1.82, 2.24) is 4.90 Å². The number of piperazine rings is 1. The van der Waals surface area contributed by atoms with Crippen LogP contribution in [0.3, 0.4) is 0 Å². The predicted octanol–water partition coefficient (Wildman–Crippen LogP) is 3.17. The average molecular weight is 433 g/mol. The van der Waals surface area contributed by atoms with Gasteiger partial charge in [-0.2, -0.15) is 13.2 Å². The van der Waals surface area contributed by atoms with E-state index in [0.29, 0.717) is 26.2 Å². The Morgan fingerprint density at radius 2 is 1.61 bits per heavy atom. The van der Waals surface area contributed by atoms with Crippen LogP contribution in [-0.4, -0.2) is 56.0 Å². The molecule has 0 N–H and O–H groups in total. The Morgan fingerprint density at radius 3 is 2.23 bits per heavy atom. The van der Waals surface area contributed by atoms with Gasteiger partial charge in [0.05, 0.1) is 30.8 Å². The summed E-state index contributed by atoms with van der Waals surface area (Å²) < 4.78 is 44.3. The number of carbonyl (C=O) groups excluding carboxylic acids is 2. The number of anilines is 2. The fourth-order valence-electron chi connectivity index (χ4n) is 4.08. The molecule has 2 aliphatic heterocycles. The second-order valence-electron chi connectivity index (χ2n) is 7.56. The molecule has 2 fully saturated rings. The molecule has 164 valence electrons. The van der Waals surface area contributed by atoms with Crippen LogP contribution in [0.2, 0.25) is 0 Å². The van der Waals surface area contributed by atoms with E-state index < -0.39 is 29.6 Å². The molecule has 0 aliphatic carbocycles. The summed E-state index contributed by atoms with van der Waals surface area (Å²) in [5.74, 6) is -0.179. The molecule has 0 aromatic heterocycles. The molecular formula is C22H22F3N3O3. The standard InChI is InChI=1S/C22H22F3N3O3/c1-31-18-7-5-16(6-8-18)26-9-11-27(12-10-26)19-14-20(29)28(21(19)30)17-4-2-3-15(13-17)22(23,24)25/h2-8,13,19H,9-12,14H2,1H3/t19-/m1/s1. The Kier molecular flexibility index (Phi) is 5.62.